The standard InChI is InChI=1S/C14H25N3/c1-10-7-12(16-8-11(10)15)17-14(5,6)9-13(2,3)4/h7-8H,9,15H2,1-6H3,(H,16,17). The fourth-order valence-corrected chi connectivity index (χ4v) is 2.35. The SMILES string of the molecule is Cc1cc(NC(C)(C)CC(C)(C)C)ncc1N. The second-order valence-corrected chi connectivity index (χ2v) is 6.67. The van der Waals surface area contributed by atoms with Crippen molar-refractivity contribution < 1.29 is 0 Å². The van der Waals surface area contributed by atoms with E-state index in [9.17, 15) is 0 Å². The third-order valence-electron chi connectivity index (χ3n) is 2.59. The van der Waals surface area contributed by atoms with Crippen molar-refractivity contribution in [3.63, 3.8) is 0 Å². The molecule has 0 saturated heterocycles. The molecular weight excluding hydrogens is 210 g/mol. The number of aromatic nitrogens is 1. The minimum Gasteiger partial charge on any atom is -0.397 e. The van der Waals surface area contributed by atoms with E-state index >= 15 is 0 Å². The first-order chi connectivity index (χ1) is 7.59. The maximum atomic E-state index is 5.76. The Balaban J connectivity index is 2.79. The number of nitrogens with one attached hydrogen (secondary N) is 1. The molecule has 3 nitrogen and oxygen atoms in total. The Labute approximate surface area is 105 Å². The van der Waals surface area contributed by atoms with E-state index in [4.69, 9.17) is 5.73 Å². The van der Waals surface area contributed by atoms with Crippen molar-refractivity contribution in [2.75, 3.05) is 11.1 Å². The average Bonchev–Trinajstić information content (AvgIpc) is 2.06. The first-order valence-corrected chi connectivity index (χ1v) is 6.09. The number of hydrogen-bond acceptors (Lipinski definition) is 3. The first kappa shape index (κ1) is 13.8. The number of aryl methyl sites for hydroxylation is 1. The second-order valence-electron chi connectivity index (χ2n) is 6.67. The molecule has 0 aliphatic heterocycles. The molecule has 0 aliphatic carbocycles. The molecule has 0 radical (unpaired) electrons. The van der Waals surface area contributed by atoms with Gasteiger partial charge in [0.05, 0.1) is 11.9 Å². The van der Waals surface area contributed by atoms with Gasteiger partial charge in [-0.05, 0) is 44.2 Å². The van der Waals surface area contributed by atoms with Crippen LogP contribution >= 0.6 is 0 Å². The summed E-state index contributed by atoms with van der Waals surface area (Å²) in [5.74, 6) is 0.894. The summed E-state index contributed by atoms with van der Waals surface area (Å²) < 4.78 is 0. The van der Waals surface area contributed by atoms with E-state index < -0.39 is 0 Å². The Kier molecular flexibility index (Phi) is 3.70. The van der Waals surface area contributed by atoms with Crippen molar-refractivity contribution in [2.45, 2.75) is 53.5 Å². The Bertz CT molecular complexity index is 389. The predicted molar refractivity (Wildman–Crippen MR) is 75.2 cm³/mol. The van der Waals surface area contributed by atoms with Gasteiger partial charge in [0.1, 0.15) is 5.82 Å². The summed E-state index contributed by atoms with van der Waals surface area (Å²) in [6, 6.07) is 2.00. The van der Waals surface area contributed by atoms with Crippen molar-refractivity contribution in [1.29, 1.82) is 0 Å². The van der Waals surface area contributed by atoms with Crippen LogP contribution in [0.4, 0.5) is 11.5 Å². The molecule has 0 fully saturated rings. The molecule has 0 aliphatic rings. The van der Waals surface area contributed by atoms with Gasteiger partial charge in [-0.1, -0.05) is 20.8 Å². The molecule has 1 rings (SSSR count). The van der Waals surface area contributed by atoms with Crippen LogP contribution in [0.15, 0.2) is 12.3 Å². The monoisotopic (exact) mass is 235 g/mol. The van der Waals surface area contributed by atoms with Gasteiger partial charge in [-0.25, -0.2) is 4.98 Å². The van der Waals surface area contributed by atoms with Crippen molar-refractivity contribution in [1.82, 2.24) is 4.98 Å². The lowest BCUT2D eigenvalue weighted by Crippen LogP contribution is -2.35. The topological polar surface area (TPSA) is 50.9 Å². The predicted octanol–water partition coefficient (Wildman–Crippen LogP) is 3.60. The summed E-state index contributed by atoms with van der Waals surface area (Å²) in [5, 5.41) is 3.48. The molecule has 0 spiro atoms. The van der Waals surface area contributed by atoms with E-state index in [2.05, 4.69) is 44.9 Å². The number of hydrogen-bond donors (Lipinski definition) is 2. The van der Waals surface area contributed by atoms with Gasteiger partial charge in [-0.3, -0.25) is 0 Å². The van der Waals surface area contributed by atoms with Crippen LogP contribution in [0.2, 0.25) is 0 Å². The van der Waals surface area contributed by atoms with Crippen LogP contribution in [0, 0.1) is 12.3 Å². The lowest BCUT2D eigenvalue weighted by Gasteiger charge is -2.33. The molecular formula is C14H25N3. The van der Waals surface area contributed by atoms with E-state index in [1.54, 1.807) is 6.20 Å². The molecule has 1 heterocycles. The van der Waals surface area contributed by atoms with Crippen molar-refractivity contribution in [3.05, 3.63) is 17.8 Å². The Morgan fingerprint density at radius 1 is 1.24 bits per heavy atom. The van der Waals surface area contributed by atoms with Crippen LogP contribution < -0.4 is 11.1 Å². The minimum absolute atomic E-state index is 0.0216. The normalized spacial score (nSPS) is 12.6. The lowest BCUT2D eigenvalue weighted by molar-refractivity contribution is 0.302. The highest BCUT2D eigenvalue weighted by molar-refractivity contribution is 5.51. The van der Waals surface area contributed by atoms with Crippen LogP contribution in [0.1, 0.15) is 46.6 Å². The number of anilines is 2. The Hall–Kier alpha value is -1.25. The highest BCUT2D eigenvalue weighted by Gasteiger charge is 2.25. The molecule has 0 atom stereocenters. The minimum atomic E-state index is 0.0216. The maximum absolute atomic E-state index is 5.76. The van der Waals surface area contributed by atoms with Crippen molar-refractivity contribution in [3.8, 4) is 0 Å². The zero-order valence-electron chi connectivity index (χ0n) is 11.9. The summed E-state index contributed by atoms with van der Waals surface area (Å²) in [5.41, 5.74) is 7.88. The number of nitrogens with zero attached hydrogens (tertiary/aromatic N) is 1. The van der Waals surface area contributed by atoms with Gasteiger partial charge in [-0.2, -0.15) is 0 Å². The van der Waals surface area contributed by atoms with E-state index in [0.29, 0.717) is 5.41 Å². The highest BCUT2D eigenvalue weighted by Crippen LogP contribution is 2.29. The largest absolute Gasteiger partial charge is 0.397 e. The van der Waals surface area contributed by atoms with Gasteiger partial charge in [0, 0.05) is 5.54 Å². The maximum Gasteiger partial charge on any atom is 0.126 e. The molecule has 1 aromatic heterocycles. The third-order valence-corrected chi connectivity index (χ3v) is 2.59. The summed E-state index contributed by atoms with van der Waals surface area (Å²) in [7, 11) is 0. The van der Waals surface area contributed by atoms with Gasteiger partial charge in [-0.15, -0.1) is 0 Å². The molecule has 1 aromatic rings. The average molecular weight is 235 g/mol. The van der Waals surface area contributed by atoms with Crippen LogP contribution in [0.5, 0.6) is 0 Å². The first-order valence-electron chi connectivity index (χ1n) is 6.09. The third kappa shape index (κ3) is 4.63. The highest BCUT2D eigenvalue weighted by atomic mass is 15.0. The molecule has 96 valence electrons. The van der Waals surface area contributed by atoms with Gasteiger partial charge in [0.15, 0.2) is 0 Å². The van der Waals surface area contributed by atoms with Crippen molar-refractivity contribution >= 4 is 11.5 Å². The Morgan fingerprint density at radius 3 is 2.29 bits per heavy atom. The van der Waals surface area contributed by atoms with Crippen LogP contribution in [-0.4, -0.2) is 10.5 Å². The zero-order chi connectivity index (χ0) is 13.3. The van der Waals surface area contributed by atoms with E-state index in [0.717, 1.165) is 23.5 Å². The zero-order valence-corrected chi connectivity index (χ0v) is 11.9. The Morgan fingerprint density at radius 2 is 1.82 bits per heavy atom. The number of nitrogen functional groups attached to an aromatic ring is 1. The van der Waals surface area contributed by atoms with E-state index in [1.807, 2.05) is 13.0 Å². The van der Waals surface area contributed by atoms with Gasteiger partial charge in [0.25, 0.3) is 0 Å². The smallest absolute Gasteiger partial charge is 0.126 e. The summed E-state index contributed by atoms with van der Waals surface area (Å²) >= 11 is 0. The van der Waals surface area contributed by atoms with Gasteiger partial charge >= 0.3 is 0 Å². The molecule has 3 heteroatoms. The quantitative estimate of drug-likeness (QED) is 0.841. The molecule has 0 saturated carbocycles. The summed E-state index contributed by atoms with van der Waals surface area (Å²) in [4.78, 5) is 4.32. The summed E-state index contributed by atoms with van der Waals surface area (Å²) in [6.45, 7) is 13.1. The van der Waals surface area contributed by atoms with Gasteiger partial charge in [0.2, 0.25) is 0 Å². The van der Waals surface area contributed by atoms with Crippen LogP contribution in [-0.2, 0) is 0 Å². The lowest BCUT2D eigenvalue weighted by atomic mass is 9.82. The van der Waals surface area contributed by atoms with E-state index in [1.165, 1.54) is 0 Å². The number of nitrogens with two attached hydrogens (primary N) is 1. The molecule has 0 aromatic carbocycles. The number of pyridine rings is 1. The second kappa shape index (κ2) is 4.55. The number of rotatable bonds is 3. The van der Waals surface area contributed by atoms with E-state index in [-0.39, 0.29) is 5.54 Å². The molecule has 0 amide bonds. The molecule has 3 N–H and O–H groups in total. The molecule has 17 heavy (non-hydrogen) atoms. The molecule has 0 unspecified atom stereocenters. The molecule has 0 bridgehead atoms. The fourth-order valence-electron chi connectivity index (χ4n) is 2.35. The van der Waals surface area contributed by atoms with Crippen molar-refractivity contribution in [2.24, 2.45) is 5.41 Å². The fraction of sp³-hybridized carbons (Fsp3) is 0.643. The van der Waals surface area contributed by atoms with Crippen LogP contribution in [0.25, 0.3) is 0 Å². The van der Waals surface area contributed by atoms with Gasteiger partial charge < -0.3 is 11.1 Å². The summed E-state index contributed by atoms with van der Waals surface area (Å²) in [6.07, 6.45) is 2.79. The van der Waals surface area contributed by atoms with Crippen LogP contribution in [0.3, 0.4) is 0 Å².